The summed E-state index contributed by atoms with van der Waals surface area (Å²) in [4.78, 5) is 15.0. The highest BCUT2D eigenvalue weighted by atomic mass is 15.0. The van der Waals surface area contributed by atoms with E-state index in [4.69, 9.17) is 15.0 Å². The van der Waals surface area contributed by atoms with Crippen molar-refractivity contribution in [1.29, 1.82) is 0 Å². The van der Waals surface area contributed by atoms with Gasteiger partial charge in [0.2, 0.25) is 0 Å². The van der Waals surface area contributed by atoms with Crippen molar-refractivity contribution >= 4 is 0 Å². The average Bonchev–Trinajstić information content (AvgIpc) is 3.31. The number of benzene rings is 4. The molecule has 1 heterocycles. The van der Waals surface area contributed by atoms with E-state index in [1.807, 2.05) is 36.4 Å². The van der Waals surface area contributed by atoms with Crippen molar-refractivity contribution in [2.24, 2.45) is 23.7 Å². The van der Waals surface area contributed by atoms with Crippen LogP contribution in [0.1, 0.15) is 50.7 Å². The van der Waals surface area contributed by atoms with Gasteiger partial charge in [0.05, 0.1) is 0 Å². The summed E-state index contributed by atoms with van der Waals surface area (Å²) in [6.45, 7) is 5.00. The van der Waals surface area contributed by atoms with Gasteiger partial charge in [0.25, 0.3) is 0 Å². The predicted octanol–water partition coefficient (Wildman–Crippen LogP) is 9.23. The van der Waals surface area contributed by atoms with E-state index in [1.54, 1.807) is 5.56 Å². The van der Waals surface area contributed by atoms with Gasteiger partial charge in [-0.2, -0.15) is 0 Å². The zero-order valence-corrected chi connectivity index (χ0v) is 23.8. The molecule has 5 unspecified atom stereocenters. The molecule has 0 saturated heterocycles. The summed E-state index contributed by atoms with van der Waals surface area (Å²) in [5.74, 6) is 5.12. The average molecular weight is 534 g/mol. The molecule has 3 aliphatic rings. The van der Waals surface area contributed by atoms with Crippen molar-refractivity contribution in [3.63, 3.8) is 0 Å². The molecule has 5 atom stereocenters. The summed E-state index contributed by atoms with van der Waals surface area (Å²) < 4.78 is 0. The van der Waals surface area contributed by atoms with E-state index in [0.717, 1.165) is 34.4 Å². The summed E-state index contributed by atoms with van der Waals surface area (Å²) in [5.41, 5.74) is 8.96. The molecule has 3 aliphatic carbocycles. The van der Waals surface area contributed by atoms with Crippen LogP contribution in [0, 0.1) is 23.7 Å². The molecule has 0 amide bonds. The highest BCUT2D eigenvalue weighted by Gasteiger charge is 2.56. The first kappa shape index (κ1) is 24.7. The Morgan fingerprint density at radius 2 is 1.12 bits per heavy atom. The highest BCUT2D eigenvalue weighted by Crippen LogP contribution is 2.64. The van der Waals surface area contributed by atoms with Crippen LogP contribution in [0.4, 0.5) is 0 Å². The van der Waals surface area contributed by atoms with Crippen LogP contribution in [0.15, 0.2) is 103 Å². The van der Waals surface area contributed by atoms with Crippen LogP contribution in [0.2, 0.25) is 0 Å². The van der Waals surface area contributed by atoms with Gasteiger partial charge in [-0.15, -0.1) is 0 Å². The Morgan fingerprint density at radius 3 is 1.80 bits per heavy atom. The molecule has 3 nitrogen and oxygen atoms in total. The minimum Gasteiger partial charge on any atom is -0.208 e. The van der Waals surface area contributed by atoms with E-state index in [0.29, 0.717) is 23.5 Å². The molecule has 1 spiro atoms. The molecule has 2 fully saturated rings. The van der Waals surface area contributed by atoms with Crippen molar-refractivity contribution < 1.29 is 0 Å². The maximum absolute atomic E-state index is 5.04. The molecule has 2 bridgehead atoms. The van der Waals surface area contributed by atoms with Gasteiger partial charge in [-0.3, -0.25) is 0 Å². The molecule has 202 valence electrons. The summed E-state index contributed by atoms with van der Waals surface area (Å²) >= 11 is 0. The summed E-state index contributed by atoms with van der Waals surface area (Å²) in [5, 5.41) is 0. The van der Waals surface area contributed by atoms with Crippen LogP contribution in [0.3, 0.4) is 0 Å². The van der Waals surface area contributed by atoms with Crippen LogP contribution in [0.25, 0.3) is 45.3 Å². The van der Waals surface area contributed by atoms with Gasteiger partial charge in [-0.1, -0.05) is 111 Å². The minimum atomic E-state index is 0.0964. The molecular weight excluding hydrogens is 498 g/mol. The number of hydrogen-bond acceptors (Lipinski definition) is 3. The van der Waals surface area contributed by atoms with E-state index in [2.05, 4.69) is 80.6 Å². The maximum atomic E-state index is 5.04. The van der Waals surface area contributed by atoms with Gasteiger partial charge < -0.3 is 0 Å². The van der Waals surface area contributed by atoms with Crippen LogP contribution in [-0.2, 0) is 5.41 Å². The van der Waals surface area contributed by atoms with Crippen LogP contribution in [0.5, 0.6) is 0 Å². The third kappa shape index (κ3) is 3.82. The fourth-order valence-corrected chi connectivity index (χ4v) is 8.80. The Morgan fingerprint density at radius 1 is 0.537 bits per heavy atom. The fraction of sp³-hybridized carbons (Fsp3) is 0.289. The van der Waals surface area contributed by atoms with Crippen molar-refractivity contribution in [2.45, 2.75) is 44.9 Å². The van der Waals surface area contributed by atoms with E-state index in [-0.39, 0.29) is 5.41 Å². The Kier molecular flexibility index (Phi) is 5.70. The first-order valence-electron chi connectivity index (χ1n) is 15.2. The Labute approximate surface area is 242 Å². The maximum Gasteiger partial charge on any atom is 0.164 e. The van der Waals surface area contributed by atoms with Gasteiger partial charge in [-0.25, -0.2) is 15.0 Å². The standard InChI is InChI=1S/C38H35N3/c1-24-19-26-21-25(2)38(30(20-24)22-26)33-16-10-9-15-31(33)32-23-29(17-18-34(32)38)37-40-35(27-11-5-3-6-12-27)39-36(41-37)28-13-7-4-8-14-28/h3-18,23-26,30H,19-22H2,1-2H3. The third-order valence-electron chi connectivity index (χ3n) is 10.2. The smallest absolute Gasteiger partial charge is 0.164 e. The molecule has 41 heavy (non-hydrogen) atoms. The number of hydrogen-bond donors (Lipinski definition) is 0. The molecule has 3 heteroatoms. The Bertz CT molecular complexity index is 1680. The molecular formula is C38H35N3. The number of fused-ring (bicyclic) bond motifs is 8. The minimum absolute atomic E-state index is 0.0964. The van der Waals surface area contributed by atoms with Gasteiger partial charge in [-0.05, 0) is 77.7 Å². The molecule has 2 saturated carbocycles. The fourth-order valence-electron chi connectivity index (χ4n) is 8.80. The number of nitrogens with zero attached hydrogens (tertiary/aromatic N) is 3. The van der Waals surface area contributed by atoms with Crippen LogP contribution in [-0.4, -0.2) is 15.0 Å². The lowest BCUT2D eigenvalue weighted by Gasteiger charge is -2.54. The topological polar surface area (TPSA) is 38.7 Å². The highest BCUT2D eigenvalue weighted by molar-refractivity contribution is 5.85. The zero-order valence-electron chi connectivity index (χ0n) is 23.8. The Hall–Kier alpha value is -4.11. The number of aromatic nitrogens is 3. The van der Waals surface area contributed by atoms with Crippen molar-refractivity contribution in [3.8, 4) is 45.3 Å². The van der Waals surface area contributed by atoms with Crippen LogP contribution >= 0.6 is 0 Å². The first-order chi connectivity index (χ1) is 20.1. The second-order valence-electron chi connectivity index (χ2n) is 12.7. The van der Waals surface area contributed by atoms with E-state index in [1.165, 1.54) is 42.4 Å². The van der Waals surface area contributed by atoms with Crippen molar-refractivity contribution in [3.05, 3.63) is 114 Å². The van der Waals surface area contributed by atoms with E-state index in [9.17, 15) is 0 Å². The monoisotopic (exact) mass is 533 g/mol. The third-order valence-corrected chi connectivity index (χ3v) is 10.2. The SMILES string of the molecule is CC1CC2CC(C)C3(c4ccccc4-c4cc(-c5nc(-c6ccccc6)nc(-c6ccccc6)n5)ccc43)C(C1)C2. The zero-order chi connectivity index (χ0) is 27.6. The summed E-state index contributed by atoms with van der Waals surface area (Å²) in [6.07, 6.45) is 5.41. The van der Waals surface area contributed by atoms with Crippen molar-refractivity contribution in [2.75, 3.05) is 0 Å². The first-order valence-corrected chi connectivity index (χ1v) is 15.2. The van der Waals surface area contributed by atoms with Crippen molar-refractivity contribution in [1.82, 2.24) is 15.0 Å². The predicted molar refractivity (Wildman–Crippen MR) is 166 cm³/mol. The van der Waals surface area contributed by atoms with Gasteiger partial charge in [0.15, 0.2) is 17.5 Å². The summed E-state index contributed by atoms with van der Waals surface area (Å²) in [7, 11) is 0. The lowest BCUT2D eigenvalue weighted by atomic mass is 9.49. The van der Waals surface area contributed by atoms with Crippen LogP contribution < -0.4 is 0 Å². The quantitative estimate of drug-likeness (QED) is 0.232. The lowest BCUT2D eigenvalue weighted by Crippen LogP contribution is -2.49. The van der Waals surface area contributed by atoms with Gasteiger partial charge in [0, 0.05) is 22.1 Å². The largest absolute Gasteiger partial charge is 0.208 e. The molecule has 0 aliphatic heterocycles. The number of rotatable bonds is 3. The van der Waals surface area contributed by atoms with E-state index >= 15 is 0 Å². The van der Waals surface area contributed by atoms with Gasteiger partial charge >= 0.3 is 0 Å². The molecule has 1 aromatic heterocycles. The lowest BCUT2D eigenvalue weighted by molar-refractivity contribution is 0.0426. The second-order valence-corrected chi connectivity index (χ2v) is 12.7. The molecule has 5 aromatic rings. The normalized spacial score (nSPS) is 26.0. The molecule has 8 rings (SSSR count). The molecule has 0 radical (unpaired) electrons. The Balaban J connectivity index is 1.31. The molecule has 4 aromatic carbocycles. The summed E-state index contributed by atoms with van der Waals surface area (Å²) in [6, 6.07) is 36.8. The second kappa shape index (κ2) is 9.48. The van der Waals surface area contributed by atoms with Gasteiger partial charge in [0.1, 0.15) is 0 Å². The van der Waals surface area contributed by atoms with E-state index < -0.39 is 0 Å². The molecule has 0 N–H and O–H groups in total.